The summed E-state index contributed by atoms with van der Waals surface area (Å²) in [6.45, 7) is 5.67. The summed E-state index contributed by atoms with van der Waals surface area (Å²) in [4.78, 5) is 12.1. The number of carbonyl (C=O) groups is 1. The van der Waals surface area contributed by atoms with Gasteiger partial charge in [-0.15, -0.1) is 0 Å². The fourth-order valence-electron chi connectivity index (χ4n) is 4.26. The molecule has 0 bridgehead atoms. The number of hydrogen-bond donors (Lipinski definition) is 3. The first-order valence-corrected chi connectivity index (χ1v) is 11.8. The number of rotatable bonds is 3. The molecule has 2 aliphatic rings. The van der Waals surface area contributed by atoms with Crippen LogP contribution in [0, 0.1) is 5.92 Å². The highest BCUT2D eigenvalue weighted by Gasteiger charge is 2.38. The van der Waals surface area contributed by atoms with Crippen LogP contribution in [0.5, 0.6) is 5.75 Å². The third kappa shape index (κ3) is 4.60. The molecule has 1 aliphatic heterocycles. The minimum Gasteiger partial charge on any atom is -0.410 e. The summed E-state index contributed by atoms with van der Waals surface area (Å²) in [5, 5.41) is 11.6. The fraction of sp³-hybridized carbons (Fsp3) is 0.348. The van der Waals surface area contributed by atoms with E-state index in [-0.39, 0.29) is 28.3 Å². The second-order valence-corrected chi connectivity index (χ2v) is 10.7. The number of amides is 1. The lowest BCUT2D eigenvalue weighted by atomic mass is 9.77. The van der Waals surface area contributed by atoms with Crippen LogP contribution in [0.25, 0.3) is 0 Å². The van der Waals surface area contributed by atoms with Gasteiger partial charge < -0.3 is 15.4 Å². The highest BCUT2D eigenvalue weighted by Crippen LogP contribution is 2.50. The van der Waals surface area contributed by atoms with Gasteiger partial charge in [-0.3, -0.25) is 0 Å². The summed E-state index contributed by atoms with van der Waals surface area (Å²) in [5.74, 6) is 0.830. The van der Waals surface area contributed by atoms with Crippen molar-refractivity contribution in [3.05, 3.63) is 65.7 Å². The summed E-state index contributed by atoms with van der Waals surface area (Å²) in [6.07, 6.45) is 4.67. The first kappa shape index (κ1) is 21.4. The Morgan fingerprint density at radius 2 is 1.87 bits per heavy atom. The lowest BCUT2D eigenvalue weighted by Crippen LogP contribution is -2.42. The molecule has 0 spiro atoms. The number of allylic oxidation sites excluding steroid dienone is 2. The fourth-order valence-corrected chi connectivity index (χ4v) is 4.81. The first-order chi connectivity index (χ1) is 14.5. The molecule has 0 fully saturated rings. The van der Waals surface area contributed by atoms with Crippen molar-refractivity contribution in [1.29, 1.82) is 0 Å². The van der Waals surface area contributed by atoms with Gasteiger partial charge in [-0.1, -0.05) is 24.3 Å². The van der Waals surface area contributed by atoms with Gasteiger partial charge in [0.1, 0.15) is 5.75 Å². The Kier molecular flexibility index (Phi) is 5.31. The van der Waals surface area contributed by atoms with Crippen LogP contribution in [0.15, 0.2) is 59.5 Å². The highest BCUT2D eigenvalue weighted by atomic mass is 32.2. The number of hydrogen-bond acceptors (Lipinski definition) is 5. The van der Waals surface area contributed by atoms with E-state index in [0.717, 1.165) is 23.2 Å². The average molecular weight is 442 g/mol. The van der Waals surface area contributed by atoms with Crippen molar-refractivity contribution in [3.8, 4) is 5.75 Å². The predicted octanol–water partition coefficient (Wildman–Crippen LogP) is 4.05. The molecule has 1 aliphatic carbocycles. The normalized spacial score (nSPS) is 22.3. The van der Waals surface area contributed by atoms with E-state index < -0.39 is 16.1 Å². The molecule has 3 unspecified atom stereocenters. The summed E-state index contributed by atoms with van der Waals surface area (Å²) in [5.41, 5.74) is 2.54. The number of ether oxygens (including phenoxy) is 1. The second kappa shape index (κ2) is 7.69. The van der Waals surface area contributed by atoms with Gasteiger partial charge in [0.05, 0.1) is 10.9 Å². The number of sulfonamides is 1. The van der Waals surface area contributed by atoms with Crippen LogP contribution in [0.4, 0.5) is 10.5 Å². The lowest BCUT2D eigenvalue weighted by molar-refractivity contribution is 0.190. The lowest BCUT2D eigenvalue weighted by Gasteiger charge is -2.37. The summed E-state index contributed by atoms with van der Waals surface area (Å²) in [6, 6.07) is 12.5. The summed E-state index contributed by atoms with van der Waals surface area (Å²) >= 11 is 0. The Morgan fingerprint density at radius 3 is 2.52 bits per heavy atom. The van der Waals surface area contributed by atoms with Crippen LogP contribution in [-0.4, -0.2) is 20.0 Å². The Hall–Kier alpha value is -2.84. The van der Waals surface area contributed by atoms with Crippen molar-refractivity contribution in [1.82, 2.24) is 5.32 Å². The molecule has 164 valence electrons. The van der Waals surface area contributed by atoms with E-state index in [1.165, 1.54) is 6.07 Å². The van der Waals surface area contributed by atoms with E-state index in [1.807, 2.05) is 32.9 Å². The van der Waals surface area contributed by atoms with Crippen LogP contribution >= 0.6 is 0 Å². The van der Waals surface area contributed by atoms with Crippen molar-refractivity contribution in [2.24, 2.45) is 11.1 Å². The van der Waals surface area contributed by atoms with Gasteiger partial charge in [-0.2, -0.15) is 0 Å². The van der Waals surface area contributed by atoms with Crippen LogP contribution < -0.4 is 20.5 Å². The topological polar surface area (TPSA) is 111 Å². The third-order valence-electron chi connectivity index (χ3n) is 5.59. The molecule has 8 heteroatoms. The van der Waals surface area contributed by atoms with Crippen molar-refractivity contribution >= 4 is 21.8 Å². The van der Waals surface area contributed by atoms with E-state index in [2.05, 4.69) is 22.8 Å². The van der Waals surface area contributed by atoms with Gasteiger partial charge in [0.2, 0.25) is 10.0 Å². The number of nitrogens with two attached hydrogens (primary N) is 1. The molecule has 0 radical (unpaired) electrons. The van der Waals surface area contributed by atoms with Crippen LogP contribution in [0.3, 0.4) is 0 Å². The Labute approximate surface area is 182 Å². The van der Waals surface area contributed by atoms with Gasteiger partial charge >= 0.3 is 6.09 Å². The molecular formula is C23H27N3O4S. The van der Waals surface area contributed by atoms with Crippen LogP contribution in [0.1, 0.15) is 50.3 Å². The molecule has 1 amide bonds. The zero-order valence-electron chi connectivity index (χ0n) is 17.8. The quantitative estimate of drug-likeness (QED) is 0.623. The third-order valence-corrected chi connectivity index (χ3v) is 6.50. The minimum atomic E-state index is -3.76. The van der Waals surface area contributed by atoms with Crippen molar-refractivity contribution < 1.29 is 17.9 Å². The van der Waals surface area contributed by atoms with E-state index in [0.29, 0.717) is 5.75 Å². The van der Waals surface area contributed by atoms with Crippen molar-refractivity contribution in [2.75, 3.05) is 5.32 Å². The van der Waals surface area contributed by atoms with Gasteiger partial charge in [0.25, 0.3) is 0 Å². The second-order valence-electron chi connectivity index (χ2n) is 9.10. The van der Waals surface area contributed by atoms with Gasteiger partial charge in [-0.25, -0.2) is 18.4 Å². The molecule has 2 aromatic carbocycles. The standard InChI is InChI=1S/C23H27N3O4S/c1-23(2,3)26-22(27)30-15-9-7-14(8-10-15)21-18-6-4-5-17(18)19-13-16(31(24,28)29)11-12-20(19)25-21/h4-5,7-13,17-18,21,25H,6H2,1-3H3,(H,26,27)(H2,24,28,29). The maximum atomic E-state index is 12.0. The molecule has 31 heavy (non-hydrogen) atoms. The molecule has 0 saturated carbocycles. The Morgan fingerprint density at radius 1 is 1.16 bits per heavy atom. The molecule has 0 aromatic heterocycles. The number of anilines is 1. The number of benzene rings is 2. The molecular weight excluding hydrogens is 414 g/mol. The van der Waals surface area contributed by atoms with Gasteiger partial charge in [0, 0.05) is 17.1 Å². The highest BCUT2D eigenvalue weighted by molar-refractivity contribution is 7.89. The molecule has 7 nitrogen and oxygen atoms in total. The number of primary sulfonamides is 1. The van der Waals surface area contributed by atoms with Crippen molar-refractivity contribution in [2.45, 2.75) is 49.6 Å². The first-order valence-electron chi connectivity index (χ1n) is 10.2. The minimum absolute atomic E-state index is 0.0466. The summed E-state index contributed by atoms with van der Waals surface area (Å²) in [7, 11) is -3.76. The molecule has 2 aromatic rings. The van der Waals surface area contributed by atoms with Gasteiger partial charge in [-0.05, 0) is 74.6 Å². The predicted molar refractivity (Wildman–Crippen MR) is 120 cm³/mol. The Balaban J connectivity index is 1.57. The molecule has 1 heterocycles. The smallest absolute Gasteiger partial charge is 0.410 e. The van der Waals surface area contributed by atoms with Crippen LogP contribution in [-0.2, 0) is 10.0 Å². The number of carbonyl (C=O) groups excluding carboxylic acids is 1. The Bertz CT molecular complexity index is 1130. The van der Waals surface area contributed by atoms with Crippen LogP contribution in [0.2, 0.25) is 0 Å². The van der Waals surface area contributed by atoms with E-state index in [1.54, 1.807) is 24.3 Å². The summed E-state index contributed by atoms with van der Waals surface area (Å²) < 4.78 is 28.9. The van der Waals surface area contributed by atoms with Gasteiger partial charge in [0.15, 0.2) is 0 Å². The zero-order chi connectivity index (χ0) is 22.4. The number of nitrogens with one attached hydrogen (secondary N) is 2. The van der Waals surface area contributed by atoms with Crippen molar-refractivity contribution in [3.63, 3.8) is 0 Å². The molecule has 0 saturated heterocycles. The molecule has 4 rings (SSSR count). The number of fused-ring (bicyclic) bond motifs is 3. The largest absolute Gasteiger partial charge is 0.413 e. The zero-order valence-corrected chi connectivity index (χ0v) is 18.6. The monoisotopic (exact) mass is 441 g/mol. The van der Waals surface area contributed by atoms with E-state index in [9.17, 15) is 13.2 Å². The van der Waals surface area contributed by atoms with E-state index in [4.69, 9.17) is 9.88 Å². The molecule has 3 atom stereocenters. The molecule has 4 N–H and O–H groups in total. The maximum Gasteiger partial charge on any atom is 0.413 e. The van der Waals surface area contributed by atoms with E-state index >= 15 is 0 Å². The maximum absolute atomic E-state index is 12.0. The average Bonchev–Trinajstić information content (AvgIpc) is 3.15. The SMILES string of the molecule is CC(C)(C)NC(=O)Oc1ccc(C2Nc3ccc(S(N)(=O)=O)cc3C3C=CCC32)cc1.